The molecule has 4 aromatic rings. The Bertz CT molecular complexity index is 1370. The largest absolute Gasteiger partial charge is 0.338 e. The van der Waals surface area contributed by atoms with Crippen molar-refractivity contribution in [2.45, 2.75) is 19.8 Å². The normalized spacial score (nSPS) is 15.5. The second-order valence-electron chi connectivity index (χ2n) is 8.93. The van der Waals surface area contributed by atoms with E-state index in [1.54, 1.807) is 40.0 Å². The minimum absolute atomic E-state index is 0.0239. The topological polar surface area (TPSA) is 89.2 Å². The molecule has 182 valence electrons. The fraction of sp³-hybridized carbons (Fsp3) is 0.214. The molecule has 2 aromatic carbocycles. The first-order valence-corrected chi connectivity index (χ1v) is 12.0. The van der Waals surface area contributed by atoms with E-state index in [0.29, 0.717) is 42.1 Å². The Hall–Kier alpha value is -4.46. The van der Waals surface area contributed by atoms with Crippen LogP contribution in [0.5, 0.6) is 0 Å². The van der Waals surface area contributed by atoms with Gasteiger partial charge in [0.25, 0.3) is 5.91 Å². The summed E-state index contributed by atoms with van der Waals surface area (Å²) in [5.74, 6) is 0.0322. The van der Waals surface area contributed by atoms with Crippen molar-refractivity contribution in [1.29, 1.82) is 0 Å². The summed E-state index contributed by atoms with van der Waals surface area (Å²) >= 11 is 0. The molecule has 8 heteroatoms. The molecule has 36 heavy (non-hydrogen) atoms. The van der Waals surface area contributed by atoms with E-state index >= 15 is 0 Å². The fourth-order valence-corrected chi connectivity index (χ4v) is 4.55. The highest BCUT2D eigenvalue weighted by molar-refractivity contribution is 5.99. The number of piperidine rings is 1. The van der Waals surface area contributed by atoms with E-state index in [4.69, 9.17) is 0 Å². The van der Waals surface area contributed by atoms with E-state index in [1.165, 1.54) is 6.92 Å². The second kappa shape index (κ2) is 10.0. The van der Waals surface area contributed by atoms with Crippen LogP contribution in [0, 0.1) is 5.92 Å². The lowest BCUT2D eigenvalue weighted by molar-refractivity contribution is -0.121. The summed E-state index contributed by atoms with van der Waals surface area (Å²) in [6, 6.07) is 20.3. The van der Waals surface area contributed by atoms with E-state index in [-0.39, 0.29) is 23.5 Å². The lowest BCUT2D eigenvalue weighted by Gasteiger charge is -2.32. The molecule has 2 aromatic heterocycles. The summed E-state index contributed by atoms with van der Waals surface area (Å²) in [5.41, 5.74) is 2.56. The summed E-state index contributed by atoms with van der Waals surface area (Å²) in [7, 11) is 0. The number of likely N-dealkylation sites (tertiary alicyclic amines) is 1. The fourth-order valence-electron chi connectivity index (χ4n) is 4.55. The van der Waals surface area contributed by atoms with Gasteiger partial charge in [-0.1, -0.05) is 18.2 Å². The van der Waals surface area contributed by atoms with E-state index in [2.05, 4.69) is 10.4 Å². The van der Waals surface area contributed by atoms with Crippen molar-refractivity contribution in [2.75, 3.05) is 18.4 Å². The third-order valence-corrected chi connectivity index (χ3v) is 6.46. The van der Waals surface area contributed by atoms with Gasteiger partial charge in [-0.2, -0.15) is 5.10 Å². The second-order valence-corrected chi connectivity index (χ2v) is 8.93. The molecule has 0 saturated carbocycles. The molecule has 0 aliphatic carbocycles. The van der Waals surface area contributed by atoms with Gasteiger partial charge < -0.3 is 14.8 Å². The van der Waals surface area contributed by atoms with E-state index < -0.39 is 0 Å². The number of hydrogen-bond donors (Lipinski definition) is 1. The lowest BCUT2D eigenvalue weighted by atomic mass is 9.96. The highest BCUT2D eigenvalue weighted by atomic mass is 16.2. The molecule has 1 saturated heterocycles. The van der Waals surface area contributed by atoms with Gasteiger partial charge in [0, 0.05) is 36.7 Å². The van der Waals surface area contributed by atoms with Crippen molar-refractivity contribution in [2.24, 2.45) is 5.92 Å². The third kappa shape index (κ3) is 4.70. The Morgan fingerprint density at radius 2 is 1.67 bits per heavy atom. The number of para-hydroxylation sites is 1. The molecule has 0 bridgehead atoms. The predicted molar refractivity (Wildman–Crippen MR) is 137 cm³/mol. The van der Waals surface area contributed by atoms with Crippen molar-refractivity contribution in [1.82, 2.24) is 19.2 Å². The number of benzene rings is 2. The van der Waals surface area contributed by atoms with Gasteiger partial charge in [-0.3, -0.25) is 14.4 Å². The SMILES string of the molecule is CC(=O)c1ccc(NC(=O)[C@H]2CCCN(C(=O)c3cnn(-c4ccccc4)c3-n3cccc3)C2)cc1. The first-order valence-electron chi connectivity index (χ1n) is 12.0. The first kappa shape index (κ1) is 23.3. The molecule has 3 heterocycles. The minimum Gasteiger partial charge on any atom is -0.338 e. The van der Waals surface area contributed by atoms with Gasteiger partial charge in [-0.05, 0) is 68.3 Å². The Balaban J connectivity index is 1.35. The maximum atomic E-state index is 13.7. The van der Waals surface area contributed by atoms with Crippen LogP contribution >= 0.6 is 0 Å². The molecule has 1 atom stereocenters. The molecule has 0 radical (unpaired) electrons. The molecule has 8 nitrogen and oxygen atoms in total. The molecule has 0 spiro atoms. The molecule has 0 unspecified atom stereocenters. The van der Waals surface area contributed by atoms with Crippen LogP contribution in [0.3, 0.4) is 0 Å². The average molecular weight is 482 g/mol. The Morgan fingerprint density at radius 3 is 2.36 bits per heavy atom. The zero-order valence-electron chi connectivity index (χ0n) is 20.0. The minimum atomic E-state index is -0.325. The van der Waals surface area contributed by atoms with Gasteiger partial charge in [-0.25, -0.2) is 4.68 Å². The van der Waals surface area contributed by atoms with Crippen LogP contribution in [0.4, 0.5) is 5.69 Å². The van der Waals surface area contributed by atoms with Crippen LogP contribution in [-0.4, -0.2) is 49.9 Å². The van der Waals surface area contributed by atoms with Crippen LogP contribution in [-0.2, 0) is 4.79 Å². The molecule has 1 fully saturated rings. The summed E-state index contributed by atoms with van der Waals surface area (Å²) in [6.07, 6.45) is 6.81. The van der Waals surface area contributed by atoms with Crippen LogP contribution < -0.4 is 5.32 Å². The van der Waals surface area contributed by atoms with Crippen LogP contribution in [0.15, 0.2) is 85.3 Å². The maximum Gasteiger partial charge on any atom is 0.259 e. The van der Waals surface area contributed by atoms with Gasteiger partial charge in [0.1, 0.15) is 5.56 Å². The Labute approximate surface area is 209 Å². The highest BCUT2D eigenvalue weighted by Crippen LogP contribution is 2.25. The molecular formula is C28H27N5O3. The van der Waals surface area contributed by atoms with Crippen molar-refractivity contribution < 1.29 is 14.4 Å². The van der Waals surface area contributed by atoms with Gasteiger partial charge in [0.05, 0.1) is 17.8 Å². The van der Waals surface area contributed by atoms with Crippen molar-refractivity contribution >= 4 is 23.3 Å². The molecule has 1 aliphatic heterocycles. The zero-order chi connectivity index (χ0) is 25.1. The van der Waals surface area contributed by atoms with E-state index in [9.17, 15) is 14.4 Å². The number of amides is 2. The van der Waals surface area contributed by atoms with Crippen LogP contribution in [0.2, 0.25) is 0 Å². The van der Waals surface area contributed by atoms with Crippen molar-refractivity contribution in [3.8, 4) is 11.5 Å². The van der Waals surface area contributed by atoms with Crippen LogP contribution in [0.1, 0.15) is 40.5 Å². The summed E-state index contributed by atoms with van der Waals surface area (Å²) in [5, 5.41) is 7.46. The quantitative estimate of drug-likeness (QED) is 0.415. The first-order chi connectivity index (χ1) is 17.5. The molecular weight excluding hydrogens is 454 g/mol. The van der Waals surface area contributed by atoms with Gasteiger partial charge in [-0.15, -0.1) is 0 Å². The van der Waals surface area contributed by atoms with Gasteiger partial charge in [0.15, 0.2) is 11.6 Å². The van der Waals surface area contributed by atoms with Gasteiger partial charge in [0.2, 0.25) is 5.91 Å². The number of hydrogen-bond acceptors (Lipinski definition) is 4. The predicted octanol–water partition coefficient (Wildman–Crippen LogP) is 4.36. The number of aromatic nitrogens is 3. The smallest absolute Gasteiger partial charge is 0.259 e. The number of carbonyl (C=O) groups is 3. The van der Waals surface area contributed by atoms with E-state index in [0.717, 1.165) is 12.1 Å². The molecule has 1 N–H and O–H groups in total. The summed E-state index contributed by atoms with van der Waals surface area (Å²) in [6.45, 7) is 2.42. The summed E-state index contributed by atoms with van der Waals surface area (Å²) < 4.78 is 3.64. The number of anilines is 1. The standard InChI is InChI=1S/C28H27N5O3/c1-20(34)21-11-13-23(14-12-21)30-26(35)22-8-7-17-32(19-22)28(36)25-18-29-33(24-9-3-2-4-10-24)27(25)31-15-5-6-16-31/h2-6,9-16,18,22H,7-8,17,19H2,1H3,(H,30,35)/t22-/m0/s1. The Morgan fingerprint density at radius 1 is 0.944 bits per heavy atom. The number of nitrogens with zero attached hydrogens (tertiary/aromatic N) is 4. The zero-order valence-corrected chi connectivity index (χ0v) is 20.0. The van der Waals surface area contributed by atoms with Crippen molar-refractivity contribution in [3.63, 3.8) is 0 Å². The van der Waals surface area contributed by atoms with Crippen molar-refractivity contribution in [3.05, 3.63) is 96.4 Å². The number of carbonyl (C=O) groups excluding carboxylic acids is 3. The average Bonchev–Trinajstić information content (AvgIpc) is 3.59. The Kier molecular flexibility index (Phi) is 6.49. The van der Waals surface area contributed by atoms with E-state index in [1.807, 2.05) is 59.4 Å². The number of rotatable bonds is 6. The number of Topliss-reactive ketones (excluding diaryl/α,β-unsaturated/α-hetero) is 1. The lowest BCUT2D eigenvalue weighted by Crippen LogP contribution is -2.44. The third-order valence-electron chi connectivity index (χ3n) is 6.46. The molecule has 2 amide bonds. The maximum absolute atomic E-state index is 13.7. The van der Waals surface area contributed by atoms with Crippen LogP contribution in [0.25, 0.3) is 11.5 Å². The number of nitrogens with one attached hydrogen (secondary N) is 1. The highest BCUT2D eigenvalue weighted by Gasteiger charge is 2.31. The molecule has 5 rings (SSSR count). The van der Waals surface area contributed by atoms with Gasteiger partial charge >= 0.3 is 0 Å². The molecule has 1 aliphatic rings. The monoisotopic (exact) mass is 481 g/mol. The number of ketones is 1. The summed E-state index contributed by atoms with van der Waals surface area (Å²) in [4.78, 5) is 39.9.